The number of carbonyl (C=O) groups is 2. The number of nitrogens with two attached hydrogens (primary N) is 1. The van der Waals surface area contributed by atoms with Crippen molar-refractivity contribution in [3.63, 3.8) is 0 Å². The van der Waals surface area contributed by atoms with Crippen LogP contribution in [0.3, 0.4) is 0 Å². The number of carbonyl (C=O) groups excluding carboxylic acids is 1. The molecule has 4 rings (SSSR count). The molecule has 0 bridgehead atoms. The first-order valence-electron chi connectivity index (χ1n) is 10.3. The van der Waals surface area contributed by atoms with Crippen LogP contribution in [0.15, 0.2) is 84.1 Å². The van der Waals surface area contributed by atoms with Crippen LogP contribution in [0, 0.1) is 12.3 Å². The first-order valence-corrected chi connectivity index (χ1v) is 10.3. The van der Waals surface area contributed by atoms with Crippen molar-refractivity contribution in [1.29, 1.82) is 5.41 Å². The van der Waals surface area contributed by atoms with Crippen molar-refractivity contribution >= 4 is 17.6 Å². The highest BCUT2D eigenvalue weighted by Crippen LogP contribution is 2.32. The number of hydrogen-bond acceptors (Lipinski definition) is 5. The number of aryl methyl sites for hydroxylation is 1. The van der Waals surface area contributed by atoms with Crippen LogP contribution in [0.5, 0.6) is 5.75 Å². The van der Waals surface area contributed by atoms with E-state index in [2.05, 4.69) is 5.32 Å². The van der Waals surface area contributed by atoms with Gasteiger partial charge in [-0.1, -0.05) is 54.1 Å². The molecule has 7 nitrogen and oxygen atoms in total. The molecule has 3 aromatic carbocycles. The lowest BCUT2D eigenvalue weighted by atomic mass is 9.91. The number of benzene rings is 3. The molecule has 5 N–H and O–H groups in total. The lowest BCUT2D eigenvalue weighted by molar-refractivity contribution is -0.117. The Morgan fingerprint density at radius 1 is 1.06 bits per heavy atom. The van der Waals surface area contributed by atoms with E-state index in [1.807, 2.05) is 31.2 Å². The molecular weight excluding hydrogens is 418 g/mol. The Hall–Kier alpha value is -4.39. The molecule has 0 aliphatic carbocycles. The van der Waals surface area contributed by atoms with E-state index in [9.17, 15) is 14.7 Å². The van der Waals surface area contributed by atoms with E-state index in [0.29, 0.717) is 29.1 Å². The van der Waals surface area contributed by atoms with Crippen molar-refractivity contribution in [3.8, 4) is 5.75 Å². The van der Waals surface area contributed by atoms with E-state index in [-0.39, 0.29) is 17.0 Å². The Bertz CT molecular complexity index is 1280. The van der Waals surface area contributed by atoms with Gasteiger partial charge in [0.1, 0.15) is 18.1 Å². The number of carboxylic acids is 1. The van der Waals surface area contributed by atoms with Gasteiger partial charge in [0, 0.05) is 11.1 Å². The van der Waals surface area contributed by atoms with Gasteiger partial charge in [0.25, 0.3) is 5.91 Å². The molecule has 7 heteroatoms. The summed E-state index contributed by atoms with van der Waals surface area (Å²) in [6.07, 6.45) is 0. The first-order chi connectivity index (χ1) is 15.8. The van der Waals surface area contributed by atoms with Gasteiger partial charge in [-0.2, -0.15) is 0 Å². The Labute approximate surface area is 191 Å². The average Bonchev–Trinajstić information content (AvgIpc) is 3.12. The minimum Gasteiger partial charge on any atom is -0.489 e. The summed E-state index contributed by atoms with van der Waals surface area (Å²) >= 11 is 0. The number of carboxylic acid groups (broad SMARTS) is 1. The van der Waals surface area contributed by atoms with Gasteiger partial charge in [0.2, 0.25) is 0 Å². The normalized spacial score (nSPS) is 15.3. The molecule has 1 atom stereocenters. The zero-order chi connectivity index (χ0) is 23.5. The van der Waals surface area contributed by atoms with Crippen molar-refractivity contribution in [2.45, 2.75) is 19.6 Å². The topological polar surface area (TPSA) is 125 Å². The van der Waals surface area contributed by atoms with Gasteiger partial charge in [-0.15, -0.1) is 0 Å². The molecule has 1 aliphatic heterocycles. The molecular formula is C26H23N3O4. The van der Waals surface area contributed by atoms with E-state index in [4.69, 9.17) is 15.9 Å². The van der Waals surface area contributed by atoms with Gasteiger partial charge in [-0.05, 0) is 42.3 Å². The largest absolute Gasteiger partial charge is 0.489 e. The van der Waals surface area contributed by atoms with Crippen LogP contribution in [-0.2, 0) is 11.4 Å². The lowest BCUT2D eigenvalue weighted by Gasteiger charge is -2.17. The van der Waals surface area contributed by atoms with Crippen molar-refractivity contribution in [2.75, 3.05) is 0 Å². The fraction of sp³-hybridized carbons (Fsp3) is 0.115. The molecule has 0 saturated heterocycles. The van der Waals surface area contributed by atoms with Crippen LogP contribution in [0.25, 0.3) is 0 Å². The minimum atomic E-state index is -1.08. The highest BCUT2D eigenvalue weighted by molar-refractivity contribution is 6.18. The van der Waals surface area contributed by atoms with E-state index < -0.39 is 17.9 Å². The van der Waals surface area contributed by atoms with Gasteiger partial charge in [0.15, 0.2) is 0 Å². The third-order valence-electron chi connectivity index (χ3n) is 5.48. The van der Waals surface area contributed by atoms with Crippen LogP contribution in [0.1, 0.15) is 38.7 Å². The Morgan fingerprint density at radius 2 is 1.76 bits per heavy atom. The van der Waals surface area contributed by atoms with Crippen molar-refractivity contribution < 1.29 is 19.4 Å². The summed E-state index contributed by atoms with van der Waals surface area (Å²) in [6, 6.07) is 20.6. The van der Waals surface area contributed by atoms with Gasteiger partial charge in [-0.25, -0.2) is 4.79 Å². The second kappa shape index (κ2) is 9.00. The Morgan fingerprint density at radius 3 is 2.48 bits per heavy atom. The van der Waals surface area contributed by atoms with Crippen molar-refractivity contribution in [1.82, 2.24) is 5.32 Å². The smallest absolute Gasteiger partial charge is 0.335 e. The van der Waals surface area contributed by atoms with Crippen molar-refractivity contribution in [3.05, 3.63) is 112 Å². The van der Waals surface area contributed by atoms with Crippen LogP contribution < -0.4 is 15.8 Å². The highest BCUT2D eigenvalue weighted by Gasteiger charge is 2.34. The fourth-order valence-corrected chi connectivity index (χ4v) is 3.69. The zero-order valence-corrected chi connectivity index (χ0v) is 18.0. The molecule has 0 fully saturated rings. The molecule has 3 aromatic rings. The quantitative estimate of drug-likeness (QED) is 0.416. The second-order valence-electron chi connectivity index (χ2n) is 7.84. The first kappa shape index (κ1) is 21.8. The molecule has 0 radical (unpaired) electrons. The number of nitrogens with one attached hydrogen (secondary N) is 2. The lowest BCUT2D eigenvalue weighted by Crippen LogP contribution is -2.24. The maximum atomic E-state index is 12.3. The number of ether oxygens (including phenoxy) is 1. The number of rotatable bonds is 7. The second-order valence-corrected chi connectivity index (χ2v) is 7.84. The molecule has 1 aliphatic rings. The maximum absolute atomic E-state index is 12.3. The summed E-state index contributed by atoms with van der Waals surface area (Å²) in [5.41, 5.74) is 9.71. The third kappa shape index (κ3) is 4.62. The summed E-state index contributed by atoms with van der Waals surface area (Å²) in [6.45, 7) is 2.40. The Balaban J connectivity index is 1.59. The fourth-order valence-electron chi connectivity index (χ4n) is 3.69. The molecule has 33 heavy (non-hydrogen) atoms. The van der Waals surface area contributed by atoms with Gasteiger partial charge in [-0.3, -0.25) is 10.2 Å². The molecule has 0 saturated carbocycles. The van der Waals surface area contributed by atoms with Crippen LogP contribution in [0.4, 0.5) is 0 Å². The van der Waals surface area contributed by atoms with E-state index in [1.54, 1.807) is 36.4 Å². The van der Waals surface area contributed by atoms with Crippen molar-refractivity contribution in [2.24, 2.45) is 5.73 Å². The molecule has 1 heterocycles. The minimum absolute atomic E-state index is 0.0586. The summed E-state index contributed by atoms with van der Waals surface area (Å²) in [4.78, 5) is 23.7. The van der Waals surface area contributed by atoms with Crippen LogP contribution >= 0.6 is 0 Å². The van der Waals surface area contributed by atoms with Crippen LogP contribution in [-0.4, -0.2) is 22.7 Å². The monoisotopic (exact) mass is 441 g/mol. The summed E-state index contributed by atoms with van der Waals surface area (Å²) in [7, 11) is 0. The zero-order valence-electron chi connectivity index (χ0n) is 18.0. The predicted molar refractivity (Wildman–Crippen MR) is 124 cm³/mol. The number of aromatic carboxylic acids is 1. The number of amides is 1. The standard InChI is InChI=1S/C26H23N3O4/c1-15-8-10-16(11-9-15)14-33-20-7-3-4-17(13-20)22(27)21-23(28)25(30)29-24(21)18-5-2-6-19(12-18)26(31)32/h2-13,24,27H,14,28H2,1H3,(H,29,30)(H,31,32). The summed E-state index contributed by atoms with van der Waals surface area (Å²) < 4.78 is 5.90. The number of hydrogen-bond donors (Lipinski definition) is 4. The van der Waals surface area contributed by atoms with E-state index in [1.165, 1.54) is 17.7 Å². The van der Waals surface area contributed by atoms with Gasteiger partial charge in [0.05, 0.1) is 17.3 Å². The highest BCUT2D eigenvalue weighted by atomic mass is 16.5. The Kier molecular flexibility index (Phi) is 5.95. The van der Waals surface area contributed by atoms with E-state index in [0.717, 1.165) is 5.56 Å². The molecule has 0 aromatic heterocycles. The molecule has 1 amide bonds. The summed E-state index contributed by atoms with van der Waals surface area (Å²) in [5.74, 6) is -0.987. The molecule has 0 spiro atoms. The van der Waals surface area contributed by atoms with Gasteiger partial charge >= 0.3 is 5.97 Å². The molecule has 1 unspecified atom stereocenters. The SMILES string of the molecule is Cc1ccc(COc2cccc(C(=N)C3=C(N)C(=O)NC3c3cccc(C(=O)O)c3)c2)cc1. The predicted octanol–water partition coefficient (Wildman–Crippen LogP) is 3.72. The summed E-state index contributed by atoms with van der Waals surface area (Å²) in [5, 5.41) is 20.8. The van der Waals surface area contributed by atoms with Crippen LogP contribution in [0.2, 0.25) is 0 Å². The molecule has 166 valence electrons. The third-order valence-corrected chi connectivity index (χ3v) is 5.48. The van der Waals surface area contributed by atoms with Gasteiger partial charge < -0.3 is 20.9 Å². The van der Waals surface area contributed by atoms with E-state index >= 15 is 0 Å². The average molecular weight is 441 g/mol. The maximum Gasteiger partial charge on any atom is 0.335 e.